The SMILES string of the molecule is OC[C@H]1O[C@H](OC2CCCCC2)[C@](O)(C#Cc2ccccc2)[C@@H](O)[C@@H]1O. The molecule has 1 saturated carbocycles. The van der Waals surface area contributed by atoms with E-state index in [2.05, 4.69) is 11.8 Å². The van der Waals surface area contributed by atoms with Gasteiger partial charge in [-0.25, -0.2) is 0 Å². The average molecular weight is 362 g/mol. The second kappa shape index (κ2) is 8.49. The maximum Gasteiger partial charge on any atom is 0.205 e. The Morgan fingerprint density at radius 1 is 1.12 bits per heavy atom. The van der Waals surface area contributed by atoms with E-state index in [1.807, 2.05) is 18.2 Å². The minimum absolute atomic E-state index is 0.111. The number of ether oxygens (including phenoxy) is 2. The van der Waals surface area contributed by atoms with Gasteiger partial charge in [-0.3, -0.25) is 0 Å². The molecule has 0 aromatic heterocycles. The average Bonchev–Trinajstić information content (AvgIpc) is 2.69. The highest BCUT2D eigenvalue weighted by Crippen LogP contribution is 2.33. The van der Waals surface area contributed by atoms with E-state index in [1.54, 1.807) is 12.1 Å². The topological polar surface area (TPSA) is 99.4 Å². The standard InChI is InChI=1S/C20H26O6/c21-13-16-17(22)18(23)20(24,12-11-14-7-3-1-4-8-14)19(26-16)25-15-9-5-2-6-10-15/h1,3-4,7-8,15-19,21-24H,2,5-6,9-10,13H2/t16-,17-,18+,19+,20+/m1/s1. The number of hydrogen-bond acceptors (Lipinski definition) is 6. The van der Waals surface area contributed by atoms with Crippen LogP contribution in [0.1, 0.15) is 37.7 Å². The predicted octanol–water partition coefficient (Wildman–Crippen LogP) is 0.557. The summed E-state index contributed by atoms with van der Waals surface area (Å²) in [6, 6.07) is 9.03. The zero-order valence-electron chi connectivity index (χ0n) is 14.6. The fourth-order valence-electron chi connectivity index (χ4n) is 3.44. The molecule has 3 rings (SSSR count). The van der Waals surface area contributed by atoms with Crippen molar-refractivity contribution in [3.63, 3.8) is 0 Å². The van der Waals surface area contributed by atoms with Crippen LogP contribution >= 0.6 is 0 Å². The lowest BCUT2D eigenvalue weighted by Crippen LogP contribution is -2.67. The van der Waals surface area contributed by atoms with Crippen LogP contribution in [0, 0.1) is 11.8 Å². The fourth-order valence-corrected chi connectivity index (χ4v) is 3.44. The van der Waals surface area contributed by atoms with Crippen LogP contribution in [0.4, 0.5) is 0 Å². The minimum Gasteiger partial charge on any atom is -0.394 e. The van der Waals surface area contributed by atoms with Crippen LogP contribution in [0.15, 0.2) is 30.3 Å². The molecule has 6 nitrogen and oxygen atoms in total. The molecule has 2 aliphatic rings. The number of aliphatic hydroxyl groups is 4. The number of aliphatic hydroxyl groups excluding tert-OH is 3. The Bertz CT molecular complexity index is 633. The van der Waals surface area contributed by atoms with Gasteiger partial charge in [-0.05, 0) is 25.0 Å². The van der Waals surface area contributed by atoms with Gasteiger partial charge < -0.3 is 29.9 Å². The monoisotopic (exact) mass is 362 g/mol. The summed E-state index contributed by atoms with van der Waals surface area (Å²) < 4.78 is 11.5. The molecule has 4 N–H and O–H groups in total. The van der Waals surface area contributed by atoms with Crippen molar-refractivity contribution >= 4 is 0 Å². The minimum atomic E-state index is -2.10. The first-order valence-electron chi connectivity index (χ1n) is 9.13. The van der Waals surface area contributed by atoms with Gasteiger partial charge >= 0.3 is 0 Å². The molecular weight excluding hydrogens is 336 g/mol. The highest BCUT2D eigenvalue weighted by atomic mass is 16.7. The third-order valence-corrected chi connectivity index (χ3v) is 5.04. The van der Waals surface area contributed by atoms with E-state index in [0.717, 1.165) is 32.1 Å². The molecule has 0 spiro atoms. The van der Waals surface area contributed by atoms with Gasteiger partial charge in [0.1, 0.15) is 18.3 Å². The summed E-state index contributed by atoms with van der Waals surface area (Å²) in [5.41, 5.74) is -1.44. The smallest absolute Gasteiger partial charge is 0.205 e. The Labute approximate surface area is 153 Å². The van der Waals surface area contributed by atoms with Gasteiger partial charge in [-0.1, -0.05) is 49.3 Å². The maximum atomic E-state index is 11.1. The van der Waals surface area contributed by atoms with Gasteiger partial charge in [-0.15, -0.1) is 0 Å². The van der Waals surface area contributed by atoms with E-state index in [9.17, 15) is 20.4 Å². The second-order valence-electron chi connectivity index (χ2n) is 6.96. The zero-order valence-corrected chi connectivity index (χ0v) is 14.6. The van der Waals surface area contributed by atoms with Crippen LogP contribution in [0.3, 0.4) is 0 Å². The van der Waals surface area contributed by atoms with E-state index in [1.165, 1.54) is 0 Å². The van der Waals surface area contributed by atoms with Crippen LogP contribution < -0.4 is 0 Å². The molecule has 2 fully saturated rings. The summed E-state index contributed by atoms with van der Waals surface area (Å²) >= 11 is 0. The van der Waals surface area contributed by atoms with Crippen molar-refractivity contribution in [1.82, 2.24) is 0 Å². The van der Waals surface area contributed by atoms with Crippen LogP contribution in [-0.4, -0.2) is 63.3 Å². The molecule has 0 unspecified atom stereocenters. The molecule has 1 aromatic carbocycles. The molecule has 6 heteroatoms. The van der Waals surface area contributed by atoms with Crippen molar-refractivity contribution in [3.8, 4) is 11.8 Å². The van der Waals surface area contributed by atoms with Crippen molar-refractivity contribution in [2.24, 2.45) is 0 Å². The van der Waals surface area contributed by atoms with E-state index in [-0.39, 0.29) is 6.10 Å². The highest BCUT2D eigenvalue weighted by Gasteiger charge is 2.55. The van der Waals surface area contributed by atoms with Crippen LogP contribution in [0.5, 0.6) is 0 Å². The van der Waals surface area contributed by atoms with Crippen LogP contribution in [0.25, 0.3) is 0 Å². The molecule has 0 bridgehead atoms. The molecule has 0 amide bonds. The second-order valence-corrected chi connectivity index (χ2v) is 6.96. The number of benzene rings is 1. The van der Waals surface area contributed by atoms with E-state index in [4.69, 9.17) is 9.47 Å². The van der Waals surface area contributed by atoms with Crippen molar-refractivity contribution in [2.45, 2.75) is 68.4 Å². The molecule has 1 heterocycles. The van der Waals surface area contributed by atoms with Gasteiger partial charge in [0.25, 0.3) is 0 Å². The van der Waals surface area contributed by atoms with Gasteiger partial charge in [0.05, 0.1) is 12.7 Å². The molecule has 1 aliphatic heterocycles. The maximum absolute atomic E-state index is 11.1. The van der Waals surface area contributed by atoms with Crippen molar-refractivity contribution in [3.05, 3.63) is 35.9 Å². The fraction of sp³-hybridized carbons (Fsp3) is 0.600. The largest absolute Gasteiger partial charge is 0.394 e. The first-order chi connectivity index (χ1) is 12.5. The van der Waals surface area contributed by atoms with E-state index < -0.39 is 36.8 Å². The predicted molar refractivity (Wildman–Crippen MR) is 94.0 cm³/mol. The molecular formula is C20H26O6. The number of rotatable bonds is 3. The lowest BCUT2D eigenvalue weighted by Gasteiger charge is -2.46. The normalized spacial score (nSPS) is 35.5. The van der Waals surface area contributed by atoms with E-state index in [0.29, 0.717) is 5.56 Å². The number of hydrogen-bond donors (Lipinski definition) is 4. The van der Waals surface area contributed by atoms with Crippen molar-refractivity contribution in [1.29, 1.82) is 0 Å². The molecule has 1 aromatic rings. The summed E-state index contributed by atoms with van der Waals surface area (Å²) in [5, 5.41) is 41.1. The first kappa shape index (κ1) is 19.3. The Morgan fingerprint density at radius 3 is 2.46 bits per heavy atom. The van der Waals surface area contributed by atoms with Crippen molar-refractivity contribution < 1.29 is 29.9 Å². The molecule has 1 saturated heterocycles. The quantitative estimate of drug-likeness (QED) is 0.587. The van der Waals surface area contributed by atoms with Gasteiger partial charge in [0, 0.05) is 5.56 Å². The van der Waals surface area contributed by atoms with Crippen LogP contribution in [-0.2, 0) is 9.47 Å². The van der Waals surface area contributed by atoms with Crippen molar-refractivity contribution in [2.75, 3.05) is 6.61 Å². The summed E-state index contributed by atoms with van der Waals surface area (Å²) in [4.78, 5) is 0. The van der Waals surface area contributed by atoms with Gasteiger partial charge in [-0.2, -0.15) is 0 Å². The highest BCUT2D eigenvalue weighted by molar-refractivity contribution is 5.37. The molecule has 0 radical (unpaired) electrons. The van der Waals surface area contributed by atoms with Gasteiger partial charge in [0.15, 0.2) is 0 Å². The third kappa shape index (κ3) is 4.09. The summed E-state index contributed by atoms with van der Waals surface area (Å²) in [6.07, 6.45) is -0.630. The lowest BCUT2D eigenvalue weighted by molar-refractivity contribution is -0.334. The first-order valence-corrected chi connectivity index (χ1v) is 9.13. The Morgan fingerprint density at radius 2 is 1.81 bits per heavy atom. The molecule has 26 heavy (non-hydrogen) atoms. The molecule has 1 aliphatic carbocycles. The van der Waals surface area contributed by atoms with Crippen LogP contribution in [0.2, 0.25) is 0 Å². The summed E-state index contributed by atoms with van der Waals surface area (Å²) in [7, 11) is 0. The Hall–Kier alpha value is -1.46. The summed E-state index contributed by atoms with van der Waals surface area (Å²) in [6.45, 7) is -0.495. The summed E-state index contributed by atoms with van der Waals surface area (Å²) in [5.74, 6) is 5.46. The van der Waals surface area contributed by atoms with E-state index >= 15 is 0 Å². The Kier molecular flexibility index (Phi) is 6.30. The Balaban J connectivity index is 1.86. The molecule has 5 atom stereocenters. The molecule has 142 valence electrons. The zero-order chi connectivity index (χ0) is 18.6. The van der Waals surface area contributed by atoms with Gasteiger partial charge in [0.2, 0.25) is 11.9 Å². The third-order valence-electron chi connectivity index (χ3n) is 5.04. The lowest BCUT2D eigenvalue weighted by atomic mass is 9.86.